The van der Waals surface area contributed by atoms with Gasteiger partial charge in [0, 0.05) is 12.8 Å². The SMILES string of the molecule is Cn1nnnc1S/C=C/C1=C(C(=O)O)N2C(=O)C(N)C2SC1. The lowest BCUT2D eigenvalue weighted by Crippen LogP contribution is -2.68. The molecule has 3 N–H and O–H groups in total. The number of carboxylic acids is 1. The maximum absolute atomic E-state index is 11.8. The molecule has 116 valence electrons. The van der Waals surface area contributed by atoms with E-state index in [1.54, 1.807) is 18.5 Å². The lowest BCUT2D eigenvalue weighted by atomic mass is 10.0. The summed E-state index contributed by atoms with van der Waals surface area (Å²) in [6.07, 6.45) is 1.67. The minimum absolute atomic E-state index is 0.00314. The van der Waals surface area contributed by atoms with Gasteiger partial charge < -0.3 is 10.8 Å². The maximum Gasteiger partial charge on any atom is 0.352 e. The number of carbonyl (C=O) groups excluding carboxylic acids is 1. The predicted molar refractivity (Wildman–Crippen MR) is 79.5 cm³/mol. The third kappa shape index (κ3) is 2.40. The van der Waals surface area contributed by atoms with E-state index in [2.05, 4.69) is 15.5 Å². The van der Waals surface area contributed by atoms with E-state index in [9.17, 15) is 14.7 Å². The molecule has 11 heteroatoms. The molecule has 2 atom stereocenters. The Morgan fingerprint density at radius 3 is 3.00 bits per heavy atom. The number of carbonyl (C=O) groups is 2. The molecule has 0 spiro atoms. The number of rotatable bonds is 4. The summed E-state index contributed by atoms with van der Waals surface area (Å²) in [4.78, 5) is 24.5. The zero-order chi connectivity index (χ0) is 15.9. The summed E-state index contributed by atoms with van der Waals surface area (Å²) in [7, 11) is 1.71. The van der Waals surface area contributed by atoms with Crippen LogP contribution in [-0.4, -0.2) is 59.3 Å². The number of aromatic nitrogens is 4. The zero-order valence-electron chi connectivity index (χ0n) is 11.4. The Morgan fingerprint density at radius 1 is 1.59 bits per heavy atom. The average Bonchev–Trinajstić information content (AvgIpc) is 2.91. The van der Waals surface area contributed by atoms with Crippen molar-refractivity contribution in [2.75, 3.05) is 5.75 Å². The molecule has 0 radical (unpaired) electrons. The van der Waals surface area contributed by atoms with E-state index in [1.165, 1.54) is 33.1 Å². The van der Waals surface area contributed by atoms with Crippen LogP contribution in [0.5, 0.6) is 0 Å². The molecular weight excluding hydrogens is 328 g/mol. The van der Waals surface area contributed by atoms with Crippen molar-refractivity contribution in [3.63, 3.8) is 0 Å². The molecule has 0 saturated carbocycles. The molecule has 3 heterocycles. The summed E-state index contributed by atoms with van der Waals surface area (Å²) >= 11 is 2.72. The standard InChI is InChI=1S/C11H12N6O3S2/c1-16-11(13-14-15-16)21-3-2-5-4-22-9-6(12)8(18)17(9)7(5)10(19)20/h2-3,6,9H,4,12H2,1H3,(H,19,20)/b3-2+. The Kier molecular flexibility index (Phi) is 3.93. The van der Waals surface area contributed by atoms with E-state index >= 15 is 0 Å². The van der Waals surface area contributed by atoms with Crippen LogP contribution in [0, 0.1) is 0 Å². The molecule has 0 bridgehead atoms. The highest BCUT2D eigenvalue weighted by Crippen LogP contribution is 2.39. The van der Waals surface area contributed by atoms with Gasteiger partial charge in [0.05, 0.1) is 0 Å². The van der Waals surface area contributed by atoms with Gasteiger partial charge in [-0.05, 0) is 27.5 Å². The molecule has 0 aliphatic carbocycles. The topological polar surface area (TPSA) is 127 Å². The maximum atomic E-state index is 11.8. The van der Waals surface area contributed by atoms with Gasteiger partial charge in [-0.2, -0.15) is 0 Å². The van der Waals surface area contributed by atoms with Gasteiger partial charge in [0.1, 0.15) is 17.1 Å². The van der Waals surface area contributed by atoms with Gasteiger partial charge in [-0.1, -0.05) is 11.8 Å². The van der Waals surface area contributed by atoms with Gasteiger partial charge in [0.15, 0.2) is 0 Å². The fraction of sp³-hybridized carbons (Fsp3) is 0.364. The van der Waals surface area contributed by atoms with E-state index in [1.807, 2.05) is 0 Å². The number of fused-ring (bicyclic) bond motifs is 1. The second kappa shape index (κ2) is 5.74. The number of allylic oxidation sites excluding steroid dienone is 1. The molecule has 9 nitrogen and oxygen atoms in total. The molecule has 2 aliphatic heterocycles. The van der Waals surface area contributed by atoms with Crippen molar-refractivity contribution >= 4 is 35.4 Å². The highest BCUT2D eigenvalue weighted by molar-refractivity contribution is 8.02. The van der Waals surface area contributed by atoms with Crippen LogP contribution in [0.15, 0.2) is 27.9 Å². The molecule has 2 unspecified atom stereocenters. The van der Waals surface area contributed by atoms with Gasteiger partial charge in [-0.15, -0.1) is 16.9 Å². The van der Waals surface area contributed by atoms with Crippen LogP contribution in [0.1, 0.15) is 0 Å². The van der Waals surface area contributed by atoms with E-state index in [0.29, 0.717) is 16.5 Å². The fourth-order valence-corrected chi connectivity index (χ4v) is 4.06. The number of nitrogens with zero attached hydrogens (tertiary/aromatic N) is 5. The van der Waals surface area contributed by atoms with Gasteiger partial charge in [-0.3, -0.25) is 9.69 Å². The third-order valence-electron chi connectivity index (χ3n) is 3.27. The molecule has 3 rings (SSSR count). The van der Waals surface area contributed by atoms with Crippen molar-refractivity contribution in [2.24, 2.45) is 12.8 Å². The smallest absolute Gasteiger partial charge is 0.352 e. The first-order valence-electron chi connectivity index (χ1n) is 6.23. The quantitative estimate of drug-likeness (QED) is 0.545. The predicted octanol–water partition coefficient (Wildman–Crippen LogP) is -0.603. The Bertz CT molecular complexity index is 700. The second-order valence-electron chi connectivity index (χ2n) is 4.62. The molecule has 0 aromatic carbocycles. The number of nitrogens with two attached hydrogens (primary N) is 1. The van der Waals surface area contributed by atoms with Crippen LogP contribution in [0.2, 0.25) is 0 Å². The highest BCUT2D eigenvalue weighted by Gasteiger charge is 2.51. The van der Waals surface area contributed by atoms with Crippen molar-refractivity contribution in [1.29, 1.82) is 0 Å². The third-order valence-corrected chi connectivity index (χ3v) is 5.42. The number of amides is 1. The number of β-lactam (4-membered cyclic amide) rings is 1. The highest BCUT2D eigenvalue weighted by atomic mass is 32.2. The van der Waals surface area contributed by atoms with Crippen LogP contribution in [0.25, 0.3) is 0 Å². The number of thioether (sulfide) groups is 2. The van der Waals surface area contributed by atoms with Crippen LogP contribution >= 0.6 is 23.5 Å². The lowest BCUT2D eigenvalue weighted by molar-refractivity contribution is -0.147. The van der Waals surface area contributed by atoms with Gasteiger partial charge in [0.2, 0.25) is 11.1 Å². The molecule has 1 amide bonds. The number of hydrogen-bond acceptors (Lipinski definition) is 8. The average molecular weight is 340 g/mol. The minimum atomic E-state index is -1.13. The van der Waals surface area contributed by atoms with E-state index in [-0.39, 0.29) is 17.0 Å². The largest absolute Gasteiger partial charge is 0.477 e. The molecule has 1 aromatic heterocycles. The van der Waals surface area contributed by atoms with Crippen molar-refractivity contribution in [3.8, 4) is 0 Å². The first kappa shape index (κ1) is 15.1. The summed E-state index contributed by atoms with van der Waals surface area (Å²) < 4.78 is 1.51. The molecule has 1 aromatic rings. The Hall–Kier alpha value is -1.85. The molecular formula is C11H12N6O3S2. The monoisotopic (exact) mass is 340 g/mol. The van der Waals surface area contributed by atoms with Crippen LogP contribution < -0.4 is 5.73 Å². The summed E-state index contributed by atoms with van der Waals surface area (Å²) in [5.74, 6) is -1.00. The summed E-state index contributed by atoms with van der Waals surface area (Å²) in [6, 6.07) is -0.621. The second-order valence-corrected chi connectivity index (χ2v) is 6.60. The Balaban J connectivity index is 1.82. The Morgan fingerprint density at radius 2 is 2.36 bits per heavy atom. The summed E-state index contributed by atoms with van der Waals surface area (Å²) in [5, 5.41) is 22.4. The lowest BCUT2D eigenvalue weighted by Gasteiger charge is -2.47. The first-order valence-corrected chi connectivity index (χ1v) is 8.16. The normalized spacial score (nSPS) is 24.6. The molecule has 22 heavy (non-hydrogen) atoms. The fourth-order valence-electron chi connectivity index (χ4n) is 2.17. The van der Waals surface area contributed by atoms with Crippen molar-refractivity contribution in [2.45, 2.75) is 16.6 Å². The van der Waals surface area contributed by atoms with Crippen LogP contribution in [0.3, 0.4) is 0 Å². The molecule has 1 saturated heterocycles. The summed E-state index contributed by atoms with van der Waals surface area (Å²) in [5.41, 5.74) is 6.26. The zero-order valence-corrected chi connectivity index (χ0v) is 13.0. The van der Waals surface area contributed by atoms with Gasteiger partial charge >= 0.3 is 5.97 Å². The number of carboxylic acid groups (broad SMARTS) is 1. The van der Waals surface area contributed by atoms with Gasteiger partial charge in [0.25, 0.3) is 0 Å². The molecule has 2 aliphatic rings. The van der Waals surface area contributed by atoms with E-state index in [4.69, 9.17) is 5.73 Å². The molecule has 1 fully saturated rings. The van der Waals surface area contributed by atoms with Crippen LogP contribution in [-0.2, 0) is 16.6 Å². The summed E-state index contributed by atoms with van der Waals surface area (Å²) in [6.45, 7) is 0. The van der Waals surface area contributed by atoms with Crippen molar-refractivity contribution in [1.82, 2.24) is 25.1 Å². The van der Waals surface area contributed by atoms with Crippen LogP contribution in [0.4, 0.5) is 0 Å². The number of hydrogen-bond donors (Lipinski definition) is 2. The number of aliphatic carboxylic acids is 1. The number of aryl methyl sites for hydroxylation is 1. The Labute approximate surface area is 133 Å². The van der Waals surface area contributed by atoms with Gasteiger partial charge in [-0.25, -0.2) is 9.48 Å². The van der Waals surface area contributed by atoms with Crippen molar-refractivity contribution in [3.05, 3.63) is 22.8 Å². The number of tetrazole rings is 1. The van der Waals surface area contributed by atoms with Crippen molar-refractivity contribution < 1.29 is 14.7 Å². The first-order chi connectivity index (χ1) is 10.5. The minimum Gasteiger partial charge on any atom is -0.477 e. The van der Waals surface area contributed by atoms with E-state index in [0.717, 1.165) is 0 Å². The van der Waals surface area contributed by atoms with E-state index < -0.39 is 12.0 Å².